The molecule has 3 rings (SSSR count). The number of ether oxygens (including phenoxy) is 1. The molecule has 0 spiro atoms. The van der Waals surface area contributed by atoms with Crippen molar-refractivity contribution in [2.75, 3.05) is 7.11 Å². The van der Waals surface area contributed by atoms with E-state index >= 15 is 0 Å². The molecule has 0 aliphatic heterocycles. The molecule has 1 saturated carbocycles. The zero-order valence-corrected chi connectivity index (χ0v) is 13.0. The van der Waals surface area contributed by atoms with Crippen molar-refractivity contribution in [3.05, 3.63) is 28.1 Å². The average molecular weight is 341 g/mol. The number of hydrogen-bond acceptors (Lipinski definition) is 4. The molecule has 1 fully saturated rings. The first-order chi connectivity index (χ1) is 9.63. The highest BCUT2D eigenvalue weighted by atomic mass is 79.9. The van der Waals surface area contributed by atoms with Crippen molar-refractivity contribution in [3.63, 3.8) is 0 Å². The number of aliphatic hydroxyl groups excluding tert-OH is 1. The van der Waals surface area contributed by atoms with Crippen LogP contribution in [0, 0.1) is 0 Å². The molecule has 2 heterocycles. The summed E-state index contributed by atoms with van der Waals surface area (Å²) < 4.78 is 9.57. The number of aryl methyl sites for hydroxylation is 1. The Bertz CT molecular complexity index is 618. The highest BCUT2D eigenvalue weighted by molar-refractivity contribution is 9.10. The van der Waals surface area contributed by atoms with Crippen LogP contribution in [0.5, 0.6) is 5.88 Å². The topological polar surface area (TPSA) is 65.1 Å². The molecular formula is C13H17BrN4O2. The molecule has 0 amide bonds. The lowest BCUT2D eigenvalue weighted by Crippen LogP contribution is -2.00. The maximum atomic E-state index is 10.6. The van der Waals surface area contributed by atoms with Crippen molar-refractivity contribution < 1.29 is 9.84 Å². The van der Waals surface area contributed by atoms with Gasteiger partial charge in [0.1, 0.15) is 10.7 Å². The van der Waals surface area contributed by atoms with Gasteiger partial charge in [0.05, 0.1) is 18.7 Å². The maximum Gasteiger partial charge on any atom is 0.238 e. The van der Waals surface area contributed by atoms with Crippen molar-refractivity contribution in [2.24, 2.45) is 0 Å². The number of rotatable bonds is 5. The van der Waals surface area contributed by atoms with Gasteiger partial charge in [0.25, 0.3) is 0 Å². The summed E-state index contributed by atoms with van der Waals surface area (Å²) >= 11 is 3.42. The van der Waals surface area contributed by atoms with E-state index in [4.69, 9.17) is 4.74 Å². The number of aliphatic hydroxyl groups is 1. The van der Waals surface area contributed by atoms with Crippen LogP contribution in [0.15, 0.2) is 17.0 Å². The second-order valence-electron chi connectivity index (χ2n) is 4.94. The highest BCUT2D eigenvalue weighted by Crippen LogP contribution is 2.38. The van der Waals surface area contributed by atoms with Crippen LogP contribution in [0.3, 0.4) is 0 Å². The van der Waals surface area contributed by atoms with E-state index in [0.29, 0.717) is 22.1 Å². The second kappa shape index (κ2) is 5.21. The molecule has 1 N–H and O–H groups in total. The molecule has 1 aliphatic rings. The SMILES string of the molecule is CCn1cc(C(O)c2cn(C3CC3)nc2Br)c(OC)n1. The molecule has 108 valence electrons. The number of hydrogen-bond donors (Lipinski definition) is 1. The summed E-state index contributed by atoms with van der Waals surface area (Å²) in [5.41, 5.74) is 1.40. The molecule has 7 heteroatoms. The van der Waals surface area contributed by atoms with Crippen molar-refractivity contribution in [3.8, 4) is 5.88 Å². The van der Waals surface area contributed by atoms with E-state index in [1.54, 1.807) is 11.8 Å². The first-order valence-electron chi connectivity index (χ1n) is 6.68. The molecule has 20 heavy (non-hydrogen) atoms. The molecule has 0 radical (unpaired) electrons. The van der Waals surface area contributed by atoms with E-state index in [2.05, 4.69) is 26.1 Å². The predicted molar refractivity (Wildman–Crippen MR) is 76.7 cm³/mol. The molecule has 6 nitrogen and oxygen atoms in total. The normalized spacial score (nSPS) is 16.4. The quantitative estimate of drug-likeness (QED) is 0.906. The van der Waals surface area contributed by atoms with Crippen LogP contribution in [-0.4, -0.2) is 31.8 Å². The molecule has 1 aliphatic carbocycles. The van der Waals surface area contributed by atoms with Crippen LogP contribution < -0.4 is 4.74 Å². The third-order valence-electron chi connectivity index (χ3n) is 3.49. The molecule has 0 aromatic carbocycles. The monoisotopic (exact) mass is 340 g/mol. The van der Waals surface area contributed by atoms with E-state index in [1.165, 1.54) is 0 Å². The fraction of sp³-hybridized carbons (Fsp3) is 0.538. The van der Waals surface area contributed by atoms with Gasteiger partial charge < -0.3 is 9.84 Å². The Morgan fingerprint density at radius 2 is 2.15 bits per heavy atom. The van der Waals surface area contributed by atoms with Crippen molar-refractivity contribution in [2.45, 2.75) is 38.5 Å². The van der Waals surface area contributed by atoms with Crippen molar-refractivity contribution in [1.82, 2.24) is 19.6 Å². The second-order valence-corrected chi connectivity index (χ2v) is 5.69. The minimum atomic E-state index is -0.799. The fourth-order valence-electron chi connectivity index (χ4n) is 2.19. The van der Waals surface area contributed by atoms with Crippen molar-refractivity contribution >= 4 is 15.9 Å². The lowest BCUT2D eigenvalue weighted by atomic mass is 10.1. The summed E-state index contributed by atoms with van der Waals surface area (Å²) in [5.74, 6) is 0.449. The highest BCUT2D eigenvalue weighted by Gasteiger charge is 2.28. The molecule has 1 unspecified atom stereocenters. The van der Waals surface area contributed by atoms with Gasteiger partial charge in [-0.15, -0.1) is 5.10 Å². The predicted octanol–water partition coefficient (Wildman–Crippen LogP) is 2.29. The lowest BCUT2D eigenvalue weighted by molar-refractivity contribution is 0.213. The van der Waals surface area contributed by atoms with Crippen LogP contribution in [0.1, 0.15) is 43.0 Å². The lowest BCUT2D eigenvalue weighted by Gasteiger charge is -2.08. The van der Waals surface area contributed by atoms with Gasteiger partial charge in [-0.1, -0.05) is 0 Å². The van der Waals surface area contributed by atoms with Crippen LogP contribution in [0.2, 0.25) is 0 Å². The number of halogens is 1. The number of methoxy groups -OCH3 is 1. The van der Waals surface area contributed by atoms with Gasteiger partial charge in [-0.3, -0.25) is 9.36 Å². The van der Waals surface area contributed by atoms with Gasteiger partial charge in [0.2, 0.25) is 5.88 Å². The number of aromatic nitrogens is 4. The Morgan fingerprint density at radius 3 is 2.75 bits per heavy atom. The molecule has 1 atom stereocenters. The van der Waals surface area contributed by atoms with E-state index < -0.39 is 6.10 Å². The molecule has 0 saturated heterocycles. The Kier molecular flexibility index (Phi) is 3.55. The summed E-state index contributed by atoms with van der Waals surface area (Å²) in [5, 5.41) is 19.3. The minimum absolute atomic E-state index is 0.449. The third-order valence-corrected chi connectivity index (χ3v) is 4.11. The van der Waals surface area contributed by atoms with Gasteiger partial charge in [0.15, 0.2) is 0 Å². The third kappa shape index (κ3) is 2.35. The first-order valence-corrected chi connectivity index (χ1v) is 7.47. The van der Waals surface area contributed by atoms with E-state index in [1.807, 2.05) is 24.0 Å². The smallest absolute Gasteiger partial charge is 0.238 e. The van der Waals surface area contributed by atoms with Crippen LogP contribution >= 0.6 is 15.9 Å². The maximum absolute atomic E-state index is 10.6. The summed E-state index contributed by atoms with van der Waals surface area (Å²) in [6, 6.07) is 0.479. The van der Waals surface area contributed by atoms with Crippen LogP contribution in [0.4, 0.5) is 0 Å². The molecule has 0 bridgehead atoms. The van der Waals surface area contributed by atoms with Gasteiger partial charge in [-0.25, -0.2) is 0 Å². The Morgan fingerprint density at radius 1 is 1.40 bits per heavy atom. The average Bonchev–Trinajstić information content (AvgIpc) is 3.10. The van der Waals surface area contributed by atoms with Gasteiger partial charge >= 0.3 is 0 Å². The van der Waals surface area contributed by atoms with Crippen LogP contribution in [0.25, 0.3) is 0 Å². The van der Waals surface area contributed by atoms with Gasteiger partial charge in [0, 0.05) is 24.5 Å². The van der Waals surface area contributed by atoms with Gasteiger partial charge in [-0.05, 0) is 35.7 Å². The first kappa shape index (κ1) is 13.6. The molecule has 2 aromatic rings. The summed E-state index contributed by atoms with van der Waals surface area (Å²) in [6.07, 6.45) is 5.22. The minimum Gasteiger partial charge on any atom is -0.480 e. The zero-order chi connectivity index (χ0) is 14.3. The standard InChI is InChI=1S/C13H17BrN4O2/c1-3-17-6-10(13(16-17)20-2)11(19)9-7-18(8-4-5-8)15-12(9)14/h6-8,11,19H,3-5H2,1-2H3. The summed E-state index contributed by atoms with van der Waals surface area (Å²) in [7, 11) is 1.56. The zero-order valence-electron chi connectivity index (χ0n) is 11.5. The Balaban J connectivity index is 1.94. The molecule has 2 aromatic heterocycles. The Labute approximate surface area is 125 Å². The Hall–Kier alpha value is -1.34. The van der Waals surface area contributed by atoms with E-state index in [0.717, 1.165) is 24.9 Å². The van der Waals surface area contributed by atoms with E-state index in [9.17, 15) is 5.11 Å². The largest absolute Gasteiger partial charge is 0.480 e. The summed E-state index contributed by atoms with van der Waals surface area (Å²) in [6.45, 7) is 2.72. The number of nitrogens with zero attached hydrogens (tertiary/aromatic N) is 4. The fourth-order valence-corrected chi connectivity index (χ4v) is 2.69. The van der Waals surface area contributed by atoms with Gasteiger partial charge in [-0.2, -0.15) is 5.10 Å². The van der Waals surface area contributed by atoms with Crippen molar-refractivity contribution in [1.29, 1.82) is 0 Å². The van der Waals surface area contributed by atoms with Crippen LogP contribution in [-0.2, 0) is 6.54 Å². The van der Waals surface area contributed by atoms with E-state index in [-0.39, 0.29) is 0 Å². The summed E-state index contributed by atoms with van der Waals surface area (Å²) in [4.78, 5) is 0. The molecular weight excluding hydrogens is 324 g/mol.